The number of carbonyl (C=O) groups is 3. The molecule has 0 saturated carbocycles. The van der Waals surface area contributed by atoms with Gasteiger partial charge in [-0.1, -0.05) is 91.0 Å². The summed E-state index contributed by atoms with van der Waals surface area (Å²) in [6.07, 6.45) is 0.112. The standard InChI is InChI=1S/C34H35N3O5/c1-41-29-19-17-28(18-20-29)32(38)22-30(35-23-26-13-7-3-8-14-26)33(39)37-31(21-25-11-5-2-6-12-25)34(40)42-36-24-27-15-9-4-10-16-27/h2-20,30-31,35-36H,21-24H2,1H3,(H,37,39)/q+1/t30-,31-/m0/s1. The first-order chi connectivity index (χ1) is 20.5. The smallest absolute Gasteiger partial charge is 0.497 e. The monoisotopic (exact) mass is 565 g/mol. The first-order valence-electron chi connectivity index (χ1n) is 13.8. The number of hydrogen-bond donors (Lipinski definition) is 3. The van der Waals surface area contributed by atoms with Crippen LogP contribution in [0.25, 0.3) is 0 Å². The predicted molar refractivity (Wildman–Crippen MR) is 160 cm³/mol. The maximum Gasteiger partial charge on any atom is 0.620 e. The zero-order chi connectivity index (χ0) is 29.6. The van der Waals surface area contributed by atoms with Crippen molar-refractivity contribution in [3.05, 3.63) is 138 Å². The number of rotatable bonds is 15. The summed E-state index contributed by atoms with van der Waals surface area (Å²) >= 11 is 0. The Morgan fingerprint density at radius 3 is 1.83 bits per heavy atom. The Balaban J connectivity index is 1.48. The Bertz CT molecular complexity index is 1410. The highest BCUT2D eigenvalue weighted by molar-refractivity contribution is 6.00. The summed E-state index contributed by atoms with van der Waals surface area (Å²) in [4.78, 5) is 45.4. The van der Waals surface area contributed by atoms with Crippen LogP contribution in [0.3, 0.4) is 0 Å². The summed E-state index contributed by atoms with van der Waals surface area (Å²) in [5.74, 6) is -0.698. The maximum absolute atomic E-state index is 13.7. The highest BCUT2D eigenvalue weighted by Gasteiger charge is 2.36. The van der Waals surface area contributed by atoms with Crippen molar-refractivity contribution >= 4 is 17.7 Å². The number of hydroxylamine groups is 1. The number of ether oxygens (including phenoxy) is 1. The molecule has 1 amide bonds. The van der Waals surface area contributed by atoms with Crippen LogP contribution in [-0.4, -0.2) is 36.9 Å². The van der Waals surface area contributed by atoms with E-state index >= 15 is 0 Å². The van der Waals surface area contributed by atoms with Crippen molar-refractivity contribution in [3.63, 3.8) is 0 Å². The molecule has 0 saturated heterocycles. The van der Waals surface area contributed by atoms with Crippen molar-refractivity contribution in [3.8, 4) is 5.75 Å². The largest absolute Gasteiger partial charge is 0.620 e. The van der Waals surface area contributed by atoms with Crippen LogP contribution in [-0.2, 0) is 33.9 Å². The van der Waals surface area contributed by atoms with Crippen LogP contribution < -0.4 is 20.9 Å². The van der Waals surface area contributed by atoms with E-state index in [2.05, 4.69) is 16.1 Å². The number of benzene rings is 4. The number of ketones is 1. The minimum absolute atomic E-state index is 0.107. The van der Waals surface area contributed by atoms with E-state index < -0.39 is 24.0 Å². The molecule has 42 heavy (non-hydrogen) atoms. The predicted octanol–water partition coefficient (Wildman–Crippen LogP) is 4.40. The van der Waals surface area contributed by atoms with Crippen molar-refractivity contribution < 1.29 is 24.0 Å². The molecule has 2 atom stereocenters. The summed E-state index contributed by atoms with van der Waals surface area (Å²) in [7, 11) is 1.55. The molecule has 4 aromatic rings. The minimum atomic E-state index is -0.986. The molecule has 0 aromatic heterocycles. The fourth-order valence-corrected chi connectivity index (χ4v) is 4.35. The van der Waals surface area contributed by atoms with Gasteiger partial charge in [0.1, 0.15) is 5.75 Å². The van der Waals surface area contributed by atoms with Crippen LogP contribution in [0, 0.1) is 0 Å². The molecule has 1 radical (unpaired) electrons. The lowest BCUT2D eigenvalue weighted by Crippen LogP contribution is -2.52. The Morgan fingerprint density at radius 2 is 1.26 bits per heavy atom. The Kier molecular flexibility index (Phi) is 11.4. The van der Waals surface area contributed by atoms with Gasteiger partial charge in [-0.05, 0) is 46.4 Å². The number of nitrogens with one attached hydrogen (secondary N) is 3. The molecule has 0 aliphatic rings. The van der Waals surface area contributed by atoms with Crippen molar-refractivity contribution in [2.24, 2.45) is 0 Å². The van der Waals surface area contributed by atoms with Gasteiger partial charge in [-0.2, -0.15) is 4.84 Å². The Hall–Kier alpha value is -4.79. The second kappa shape index (κ2) is 15.9. The lowest BCUT2D eigenvalue weighted by atomic mass is 10.0. The van der Waals surface area contributed by atoms with Gasteiger partial charge in [0.05, 0.1) is 24.5 Å². The molecule has 0 spiro atoms. The molecule has 215 valence electrons. The second-order valence-corrected chi connectivity index (χ2v) is 9.75. The van der Waals surface area contributed by atoms with Gasteiger partial charge in [0.15, 0.2) is 11.8 Å². The van der Waals surface area contributed by atoms with Gasteiger partial charge in [0.25, 0.3) is 0 Å². The highest BCUT2D eigenvalue weighted by Crippen LogP contribution is 2.14. The van der Waals surface area contributed by atoms with E-state index in [0.717, 1.165) is 16.7 Å². The highest BCUT2D eigenvalue weighted by atomic mass is 16.7. The van der Waals surface area contributed by atoms with Crippen LogP contribution in [0.4, 0.5) is 0 Å². The summed E-state index contributed by atoms with van der Waals surface area (Å²) in [5, 5.41) is 6.04. The third kappa shape index (κ3) is 9.40. The van der Waals surface area contributed by atoms with E-state index in [1.165, 1.54) is 0 Å². The minimum Gasteiger partial charge on any atom is -0.497 e. The van der Waals surface area contributed by atoms with E-state index in [-0.39, 0.29) is 18.6 Å². The molecule has 8 nitrogen and oxygen atoms in total. The Labute approximate surface area is 246 Å². The second-order valence-electron chi connectivity index (χ2n) is 9.75. The van der Waals surface area contributed by atoms with E-state index in [1.807, 2.05) is 91.0 Å². The maximum atomic E-state index is 13.7. The number of carbonyl (C=O) groups excluding carboxylic acids is 3. The molecular formula is C34H35N3O5+. The molecular weight excluding hydrogens is 530 g/mol. The van der Waals surface area contributed by atoms with Crippen molar-refractivity contribution in [2.75, 3.05) is 7.11 Å². The SMILES string of the molecule is COc1ccc(C(=O)C[C@H](NCc2ccccc2)C(=O)N[C@@H](Cc2ccccc2)C(=[O+])ONCc2ccccc2)cc1. The van der Waals surface area contributed by atoms with Crippen LogP contribution >= 0.6 is 0 Å². The van der Waals surface area contributed by atoms with Gasteiger partial charge >= 0.3 is 5.97 Å². The number of Topliss-reactive ketones (excluding diaryl/α,β-unsaturated/α-hetero) is 1. The van der Waals surface area contributed by atoms with Gasteiger partial charge in [0.2, 0.25) is 5.91 Å². The zero-order valence-corrected chi connectivity index (χ0v) is 23.5. The lowest BCUT2D eigenvalue weighted by Gasteiger charge is -2.20. The third-order valence-electron chi connectivity index (χ3n) is 6.69. The summed E-state index contributed by atoms with van der Waals surface area (Å²) in [6.45, 7) is 0.678. The van der Waals surface area contributed by atoms with Crippen molar-refractivity contribution in [1.29, 1.82) is 0 Å². The van der Waals surface area contributed by atoms with Crippen LogP contribution in [0.15, 0.2) is 115 Å². The molecule has 4 aromatic carbocycles. The molecule has 0 aliphatic carbocycles. The van der Waals surface area contributed by atoms with E-state index in [1.54, 1.807) is 31.4 Å². The number of amides is 1. The van der Waals surface area contributed by atoms with Gasteiger partial charge in [-0.3, -0.25) is 9.59 Å². The van der Waals surface area contributed by atoms with Crippen molar-refractivity contribution in [2.45, 2.75) is 38.0 Å². The Morgan fingerprint density at radius 1 is 0.714 bits per heavy atom. The van der Waals surface area contributed by atoms with Gasteiger partial charge < -0.3 is 15.4 Å². The molecule has 0 unspecified atom stereocenters. The van der Waals surface area contributed by atoms with Crippen molar-refractivity contribution in [1.82, 2.24) is 16.1 Å². The van der Waals surface area contributed by atoms with Crippen LogP contribution in [0.5, 0.6) is 5.75 Å². The molecule has 4 rings (SSSR count). The molecule has 0 heterocycles. The summed E-state index contributed by atoms with van der Waals surface area (Å²) in [6, 6.07) is 33.3. The molecule has 8 heteroatoms. The first-order valence-corrected chi connectivity index (χ1v) is 13.8. The molecule has 0 fully saturated rings. The van der Waals surface area contributed by atoms with Crippen LogP contribution in [0.2, 0.25) is 0 Å². The summed E-state index contributed by atoms with van der Waals surface area (Å²) < 4.78 is 5.19. The third-order valence-corrected chi connectivity index (χ3v) is 6.69. The fourth-order valence-electron chi connectivity index (χ4n) is 4.35. The van der Waals surface area contributed by atoms with E-state index in [0.29, 0.717) is 24.4 Å². The van der Waals surface area contributed by atoms with Crippen LogP contribution in [0.1, 0.15) is 33.5 Å². The number of methoxy groups -OCH3 is 1. The average molecular weight is 566 g/mol. The lowest BCUT2D eigenvalue weighted by molar-refractivity contribution is -0.155. The first kappa shape index (κ1) is 30.2. The van der Waals surface area contributed by atoms with Gasteiger partial charge in [-0.25, -0.2) is 0 Å². The quantitative estimate of drug-likeness (QED) is 0.111. The van der Waals surface area contributed by atoms with Gasteiger partial charge in [-0.15, -0.1) is 0 Å². The average Bonchev–Trinajstić information content (AvgIpc) is 3.04. The molecule has 3 N–H and O–H groups in total. The zero-order valence-electron chi connectivity index (χ0n) is 23.5. The molecule has 0 aliphatic heterocycles. The summed E-state index contributed by atoms with van der Waals surface area (Å²) in [5.41, 5.74) is 5.91. The van der Waals surface area contributed by atoms with E-state index in [9.17, 15) is 14.4 Å². The fraction of sp³-hybridized carbons (Fsp3) is 0.206. The number of hydrogen-bond acceptors (Lipinski definition) is 7. The topological polar surface area (TPSA) is 109 Å². The normalized spacial score (nSPS) is 12.1. The van der Waals surface area contributed by atoms with E-state index in [4.69, 9.17) is 9.57 Å². The van der Waals surface area contributed by atoms with Gasteiger partial charge in [0, 0.05) is 24.9 Å². The molecule has 0 bridgehead atoms.